The summed E-state index contributed by atoms with van der Waals surface area (Å²) in [6.07, 6.45) is 5.79. The third-order valence-corrected chi connectivity index (χ3v) is 9.66. The summed E-state index contributed by atoms with van der Waals surface area (Å²) >= 11 is 0. The van der Waals surface area contributed by atoms with Crippen LogP contribution in [0.1, 0.15) is 101 Å². The van der Waals surface area contributed by atoms with Crippen LogP contribution in [0.25, 0.3) is 0 Å². The normalized spacial score (nSPS) is 21.1. The fraction of sp³-hybridized carbons (Fsp3) is 0.600. The molecule has 0 fully saturated rings. The number of benzene rings is 1. The molecule has 0 aliphatic heterocycles. The molecule has 4 heteroatoms. The number of hydrogen-bond donors (Lipinski definition) is 2. The minimum absolute atomic E-state index is 0.0404. The van der Waals surface area contributed by atoms with Crippen LogP contribution in [0, 0.1) is 10.8 Å². The van der Waals surface area contributed by atoms with Crippen molar-refractivity contribution >= 4 is 12.7 Å². The van der Waals surface area contributed by atoms with E-state index in [0.717, 1.165) is 16.7 Å². The second-order valence-corrected chi connectivity index (χ2v) is 17.1. The van der Waals surface area contributed by atoms with Crippen LogP contribution in [0.2, 0.25) is 0 Å². The molecule has 0 bridgehead atoms. The van der Waals surface area contributed by atoms with Gasteiger partial charge in [0.05, 0.1) is 0 Å². The molecule has 1 aromatic carbocycles. The van der Waals surface area contributed by atoms with Gasteiger partial charge in [0.25, 0.3) is 0 Å². The van der Waals surface area contributed by atoms with Gasteiger partial charge in [-0.25, -0.2) is 0 Å². The van der Waals surface area contributed by atoms with Crippen molar-refractivity contribution in [3.8, 4) is 0 Å². The van der Waals surface area contributed by atoms with Crippen LogP contribution in [-0.4, -0.2) is 15.4 Å². The zero-order valence-electron chi connectivity index (χ0n) is 23.8. The Kier molecular flexibility index (Phi) is 7.15. The molecule has 0 spiro atoms. The molecule has 1 atom stereocenters. The molecule has 192 valence electrons. The monoisotopic (exact) mass is 490 g/mol. The summed E-state index contributed by atoms with van der Waals surface area (Å²) in [5, 5.41) is 0.0404. The zero-order valence-corrected chi connectivity index (χ0v) is 24.7. The number of halogens is 1. The zero-order chi connectivity index (χ0) is 26.7. The van der Waals surface area contributed by atoms with Crippen molar-refractivity contribution in [3.05, 3.63) is 64.3 Å². The third kappa shape index (κ3) is 5.58. The van der Waals surface area contributed by atoms with E-state index in [0.29, 0.717) is 11.1 Å². The first-order valence-electron chi connectivity index (χ1n) is 12.4. The third-order valence-electron chi connectivity index (χ3n) is 6.88. The molecule has 0 saturated heterocycles. The van der Waals surface area contributed by atoms with Gasteiger partial charge in [-0.05, 0) is 0 Å². The predicted molar refractivity (Wildman–Crippen MR) is 149 cm³/mol. The van der Waals surface area contributed by atoms with E-state index in [4.69, 9.17) is 0 Å². The molecule has 2 nitrogen and oxygen atoms in total. The van der Waals surface area contributed by atoms with Gasteiger partial charge in [0.1, 0.15) is 0 Å². The van der Waals surface area contributed by atoms with Gasteiger partial charge in [-0.1, -0.05) is 0 Å². The average Bonchev–Trinajstić information content (AvgIpc) is 2.63. The van der Waals surface area contributed by atoms with E-state index < -0.39 is 23.9 Å². The summed E-state index contributed by atoms with van der Waals surface area (Å²) in [6.45, 7) is 26.6. The standard InChI is InChI=1S/C30H48FO2P/c1-14-20-17-22(28(5,6)7)19-24(30(11,12)13)26(20)34(31,32,33)25-16-15-21(27(2,3)4)18-23(25)29(8,9)10/h14-19,26,32-33H,1-13H3. The van der Waals surface area contributed by atoms with Gasteiger partial charge in [-0.3, -0.25) is 0 Å². The van der Waals surface area contributed by atoms with E-state index in [1.807, 2.05) is 78.8 Å². The van der Waals surface area contributed by atoms with Gasteiger partial charge >= 0.3 is 208 Å². The molecule has 0 aromatic heterocycles. The molecule has 2 N–H and O–H groups in total. The van der Waals surface area contributed by atoms with Crippen molar-refractivity contribution in [1.82, 2.24) is 0 Å². The molecule has 1 aromatic rings. The maximum atomic E-state index is 17.4. The molecule has 0 radical (unpaired) electrons. The first-order valence-corrected chi connectivity index (χ1v) is 14.5. The maximum absolute atomic E-state index is 17.4. The van der Waals surface area contributed by atoms with Crippen LogP contribution in [0.5, 0.6) is 0 Å². The van der Waals surface area contributed by atoms with E-state index in [1.165, 1.54) is 0 Å². The molecule has 1 aliphatic carbocycles. The fourth-order valence-corrected chi connectivity index (χ4v) is 7.82. The summed E-state index contributed by atoms with van der Waals surface area (Å²) in [4.78, 5) is 23.9. The van der Waals surface area contributed by atoms with E-state index in [1.54, 1.807) is 6.07 Å². The first kappa shape index (κ1) is 29.0. The van der Waals surface area contributed by atoms with E-state index in [9.17, 15) is 9.79 Å². The van der Waals surface area contributed by atoms with Crippen LogP contribution in [0.3, 0.4) is 0 Å². The Balaban J connectivity index is 2.95. The second-order valence-electron chi connectivity index (χ2n) is 14.1. The Hall–Kier alpha value is -1.28. The van der Waals surface area contributed by atoms with Crippen LogP contribution >= 0.6 is 7.37 Å². The van der Waals surface area contributed by atoms with Crippen LogP contribution in [0.15, 0.2) is 53.1 Å². The van der Waals surface area contributed by atoms with Crippen LogP contribution in [-0.2, 0) is 10.8 Å². The number of rotatable bonds is 2. The van der Waals surface area contributed by atoms with Gasteiger partial charge in [0.15, 0.2) is 0 Å². The Labute approximate surface area is 208 Å². The van der Waals surface area contributed by atoms with Crippen molar-refractivity contribution in [2.24, 2.45) is 10.8 Å². The van der Waals surface area contributed by atoms with Gasteiger partial charge in [-0.2, -0.15) is 0 Å². The van der Waals surface area contributed by atoms with Crippen molar-refractivity contribution in [2.75, 3.05) is 0 Å². The SMILES string of the molecule is CC=C1C=C(C(C)(C)C)C=C(C(C)(C)C)C1P(O)(O)(F)c1ccc(C(C)(C)C)cc1C(C)(C)C. The minimum atomic E-state index is -5.95. The second kappa shape index (κ2) is 8.39. The summed E-state index contributed by atoms with van der Waals surface area (Å²) in [6, 6.07) is 5.46. The number of hydrogen-bond acceptors (Lipinski definition) is 2. The molecule has 2 rings (SSSR count). The Bertz CT molecular complexity index is 1040. The Morgan fingerprint density at radius 2 is 1.29 bits per heavy atom. The van der Waals surface area contributed by atoms with E-state index in [-0.39, 0.29) is 16.1 Å². The summed E-state index contributed by atoms with van der Waals surface area (Å²) in [5.41, 5.74) is 1.74. The van der Waals surface area contributed by atoms with E-state index in [2.05, 4.69) is 41.5 Å². The number of allylic oxidation sites excluding steroid dienone is 6. The molecular weight excluding hydrogens is 442 g/mol. The van der Waals surface area contributed by atoms with Crippen LogP contribution < -0.4 is 5.30 Å². The van der Waals surface area contributed by atoms with Gasteiger partial charge < -0.3 is 0 Å². The molecule has 1 aliphatic rings. The quantitative estimate of drug-likeness (QED) is 0.408. The Morgan fingerprint density at radius 1 is 0.765 bits per heavy atom. The molecule has 0 amide bonds. The molecule has 34 heavy (non-hydrogen) atoms. The molecule has 0 saturated carbocycles. The first-order chi connectivity index (χ1) is 14.9. The summed E-state index contributed by atoms with van der Waals surface area (Å²) in [5.74, 6) is 0. The summed E-state index contributed by atoms with van der Waals surface area (Å²) < 4.78 is 17.4. The predicted octanol–water partition coefficient (Wildman–Crippen LogP) is 8.43. The van der Waals surface area contributed by atoms with Gasteiger partial charge in [0.2, 0.25) is 0 Å². The molecule has 0 heterocycles. The van der Waals surface area contributed by atoms with Crippen LogP contribution in [0.4, 0.5) is 4.20 Å². The average molecular weight is 491 g/mol. The van der Waals surface area contributed by atoms with Gasteiger partial charge in [0, 0.05) is 0 Å². The van der Waals surface area contributed by atoms with E-state index >= 15 is 4.20 Å². The van der Waals surface area contributed by atoms with Gasteiger partial charge in [-0.15, -0.1) is 0 Å². The Morgan fingerprint density at radius 3 is 1.68 bits per heavy atom. The van der Waals surface area contributed by atoms with Crippen molar-refractivity contribution in [3.63, 3.8) is 0 Å². The van der Waals surface area contributed by atoms with Crippen molar-refractivity contribution in [2.45, 2.75) is 106 Å². The fourth-order valence-electron chi connectivity index (χ4n) is 4.64. The van der Waals surface area contributed by atoms with Crippen molar-refractivity contribution in [1.29, 1.82) is 0 Å². The topological polar surface area (TPSA) is 40.5 Å². The molecule has 1 unspecified atom stereocenters. The summed E-state index contributed by atoms with van der Waals surface area (Å²) in [7, 11) is -5.95. The molecular formula is C30H48FO2P. The van der Waals surface area contributed by atoms with Crippen molar-refractivity contribution < 1.29 is 14.0 Å².